The summed E-state index contributed by atoms with van der Waals surface area (Å²) in [4.78, 5) is 2.28. The summed E-state index contributed by atoms with van der Waals surface area (Å²) >= 11 is 0. The third-order valence-corrected chi connectivity index (χ3v) is 2.65. The van der Waals surface area contributed by atoms with E-state index < -0.39 is 0 Å². The third-order valence-electron chi connectivity index (χ3n) is 2.65. The first-order chi connectivity index (χ1) is 7.76. The molecule has 0 unspecified atom stereocenters. The maximum Gasteiger partial charge on any atom is 0.119 e. The largest absolute Gasteiger partial charge is 0.494 e. The molecule has 1 aromatic carbocycles. The van der Waals surface area contributed by atoms with E-state index in [1.165, 1.54) is 0 Å². The van der Waals surface area contributed by atoms with Crippen LogP contribution in [0.4, 0.5) is 0 Å². The molecule has 0 fully saturated rings. The van der Waals surface area contributed by atoms with Crippen molar-refractivity contribution in [1.29, 1.82) is 0 Å². The Morgan fingerprint density at radius 1 is 1.25 bits per heavy atom. The molecule has 0 aliphatic rings. The molecule has 0 aliphatic carbocycles. The van der Waals surface area contributed by atoms with Crippen molar-refractivity contribution in [3.05, 3.63) is 29.8 Å². The summed E-state index contributed by atoms with van der Waals surface area (Å²) in [6.07, 6.45) is 1.06. The van der Waals surface area contributed by atoms with Crippen LogP contribution in [0.1, 0.15) is 18.9 Å². The molecule has 1 rings (SSSR count). The summed E-state index contributed by atoms with van der Waals surface area (Å²) in [6, 6.07) is 7.97. The lowest BCUT2D eigenvalue weighted by atomic mass is 10.2. The molecule has 0 aromatic heterocycles. The van der Waals surface area contributed by atoms with E-state index >= 15 is 0 Å². The first-order valence-electron chi connectivity index (χ1n) is 5.86. The van der Waals surface area contributed by atoms with E-state index in [4.69, 9.17) is 10.5 Å². The first kappa shape index (κ1) is 13.0. The minimum absolute atomic E-state index is 0.585. The molecule has 3 nitrogen and oxygen atoms in total. The van der Waals surface area contributed by atoms with Crippen molar-refractivity contribution in [2.75, 3.05) is 26.7 Å². The molecular weight excluding hydrogens is 200 g/mol. The lowest BCUT2D eigenvalue weighted by Crippen LogP contribution is -2.20. The van der Waals surface area contributed by atoms with E-state index in [-0.39, 0.29) is 0 Å². The van der Waals surface area contributed by atoms with Crippen LogP contribution in [0.3, 0.4) is 0 Å². The molecule has 16 heavy (non-hydrogen) atoms. The highest BCUT2D eigenvalue weighted by molar-refractivity contribution is 5.26. The van der Waals surface area contributed by atoms with E-state index in [0.717, 1.165) is 37.4 Å². The average molecular weight is 222 g/mol. The Labute approximate surface area is 98.2 Å². The minimum atomic E-state index is 0.585. The van der Waals surface area contributed by atoms with Crippen LogP contribution in [0.2, 0.25) is 0 Å². The number of nitrogens with two attached hydrogens (primary N) is 1. The second-order valence-corrected chi connectivity index (χ2v) is 3.95. The molecule has 0 saturated heterocycles. The molecule has 0 bridgehead atoms. The quantitative estimate of drug-likeness (QED) is 0.716. The fraction of sp³-hybridized carbons (Fsp3) is 0.538. The van der Waals surface area contributed by atoms with Crippen molar-refractivity contribution in [1.82, 2.24) is 4.90 Å². The van der Waals surface area contributed by atoms with Crippen molar-refractivity contribution < 1.29 is 4.74 Å². The average Bonchev–Trinajstić information content (AvgIpc) is 2.35. The molecule has 0 spiro atoms. The van der Waals surface area contributed by atoms with Gasteiger partial charge in [0.2, 0.25) is 0 Å². The van der Waals surface area contributed by atoms with Gasteiger partial charge < -0.3 is 15.4 Å². The van der Waals surface area contributed by atoms with Gasteiger partial charge in [-0.15, -0.1) is 0 Å². The van der Waals surface area contributed by atoms with Crippen LogP contribution in [0.5, 0.6) is 5.75 Å². The zero-order valence-corrected chi connectivity index (χ0v) is 10.3. The summed E-state index contributed by atoms with van der Waals surface area (Å²) < 4.78 is 5.63. The van der Waals surface area contributed by atoms with Crippen LogP contribution >= 0.6 is 0 Å². The van der Waals surface area contributed by atoms with Crippen molar-refractivity contribution in [3.63, 3.8) is 0 Å². The van der Waals surface area contributed by atoms with Crippen LogP contribution in [-0.4, -0.2) is 31.6 Å². The van der Waals surface area contributed by atoms with Crippen LogP contribution in [0.15, 0.2) is 24.3 Å². The van der Waals surface area contributed by atoms with E-state index in [9.17, 15) is 0 Å². The second-order valence-electron chi connectivity index (χ2n) is 3.95. The van der Waals surface area contributed by atoms with Crippen molar-refractivity contribution in [2.24, 2.45) is 5.73 Å². The molecular formula is C13H22N2O. The maximum atomic E-state index is 5.63. The third kappa shape index (κ3) is 4.64. The summed E-state index contributed by atoms with van der Waals surface area (Å²) in [5.41, 5.74) is 6.66. The lowest BCUT2D eigenvalue weighted by molar-refractivity contribution is 0.268. The number of nitrogens with zero attached hydrogens (tertiary/aromatic N) is 1. The number of hydrogen-bond donors (Lipinski definition) is 1. The number of benzene rings is 1. The van der Waals surface area contributed by atoms with E-state index in [1.807, 2.05) is 24.3 Å². The van der Waals surface area contributed by atoms with Gasteiger partial charge in [-0.05, 0) is 37.7 Å². The van der Waals surface area contributed by atoms with Crippen molar-refractivity contribution >= 4 is 0 Å². The SMILES string of the molecule is CCN(C)CCCOc1ccc(CN)cc1. The Bertz CT molecular complexity index is 284. The lowest BCUT2D eigenvalue weighted by Gasteiger charge is -2.13. The molecule has 0 amide bonds. The highest BCUT2D eigenvalue weighted by atomic mass is 16.5. The van der Waals surface area contributed by atoms with Gasteiger partial charge in [-0.3, -0.25) is 0 Å². The summed E-state index contributed by atoms with van der Waals surface area (Å²) in [5.74, 6) is 0.927. The summed E-state index contributed by atoms with van der Waals surface area (Å²) in [5, 5.41) is 0. The Balaban J connectivity index is 2.21. The highest BCUT2D eigenvalue weighted by Crippen LogP contribution is 2.11. The molecule has 0 aliphatic heterocycles. The number of ether oxygens (including phenoxy) is 1. The van der Waals surface area contributed by atoms with E-state index in [1.54, 1.807) is 0 Å². The standard InChI is InChI=1S/C13H22N2O/c1-3-15(2)9-4-10-16-13-7-5-12(11-14)6-8-13/h5-8H,3-4,9-11,14H2,1-2H3. The highest BCUT2D eigenvalue weighted by Gasteiger charge is 1.96. The van der Waals surface area contributed by atoms with Gasteiger partial charge in [0.05, 0.1) is 6.61 Å². The Morgan fingerprint density at radius 2 is 1.94 bits per heavy atom. The molecule has 0 atom stereocenters. The summed E-state index contributed by atoms with van der Waals surface area (Å²) in [6.45, 7) is 5.68. The normalized spacial score (nSPS) is 10.8. The van der Waals surface area contributed by atoms with Gasteiger partial charge in [-0.2, -0.15) is 0 Å². The summed E-state index contributed by atoms with van der Waals surface area (Å²) in [7, 11) is 2.12. The monoisotopic (exact) mass is 222 g/mol. The molecule has 0 radical (unpaired) electrons. The molecule has 0 saturated carbocycles. The van der Waals surface area contributed by atoms with Gasteiger partial charge in [-0.1, -0.05) is 19.1 Å². The second kappa shape index (κ2) is 7.25. The predicted molar refractivity (Wildman–Crippen MR) is 67.6 cm³/mol. The van der Waals surface area contributed by atoms with Crippen LogP contribution in [-0.2, 0) is 6.54 Å². The van der Waals surface area contributed by atoms with Crippen LogP contribution in [0.25, 0.3) is 0 Å². The predicted octanol–water partition coefficient (Wildman–Crippen LogP) is 1.87. The molecule has 3 heteroatoms. The van der Waals surface area contributed by atoms with Crippen molar-refractivity contribution in [2.45, 2.75) is 19.9 Å². The zero-order valence-electron chi connectivity index (χ0n) is 10.3. The fourth-order valence-corrected chi connectivity index (χ4v) is 1.40. The smallest absolute Gasteiger partial charge is 0.119 e. The van der Waals surface area contributed by atoms with Gasteiger partial charge in [0.25, 0.3) is 0 Å². The van der Waals surface area contributed by atoms with Crippen LogP contribution in [0, 0.1) is 0 Å². The zero-order chi connectivity index (χ0) is 11.8. The van der Waals surface area contributed by atoms with E-state index in [2.05, 4.69) is 18.9 Å². The number of rotatable bonds is 7. The molecule has 1 aromatic rings. The van der Waals surface area contributed by atoms with Gasteiger partial charge in [-0.25, -0.2) is 0 Å². The van der Waals surface area contributed by atoms with Crippen molar-refractivity contribution in [3.8, 4) is 5.75 Å². The minimum Gasteiger partial charge on any atom is -0.494 e. The molecule has 0 heterocycles. The van der Waals surface area contributed by atoms with Gasteiger partial charge in [0.1, 0.15) is 5.75 Å². The Hall–Kier alpha value is -1.06. The topological polar surface area (TPSA) is 38.5 Å². The Morgan fingerprint density at radius 3 is 2.50 bits per heavy atom. The van der Waals surface area contributed by atoms with Gasteiger partial charge in [0.15, 0.2) is 0 Å². The van der Waals surface area contributed by atoms with Gasteiger partial charge >= 0.3 is 0 Å². The van der Waals surface area contributed by atoms with Gasteiger partial charge in [0, 0.05) is 13.1 Å². The molecule has 2 N–H and O–H groups in total. The maximum absolute atomic E-state index is 5.63. The fourth-order valence-electron chi connectivity index (χ4n) is 1.40. The van der Waals surface area contributed by atoms with E-state index in [0.29, 0.717) is 6.54 Å². The first-order valence-corrected chi connectivity index (χ1v) is 5.86. The molecule has 90 valence electrons. The Kier molecular flexibility index (Phi) is 5.90. The number of hydrogen-bond acceptors (Lipinski definition) is 3. The van der Waals surface area contributed by atoms with Crippen LogP contribution < -0.4 is 10.5 Å².